The van der Waals surface area contributed by atoms with Gasteiger partial charge in [0.25, 0.3) is 5.91 Å². The Balaban J connectivity index is 1.17. The van der Waals surface area contributed by atoms with Gasteiger partial charge in [-0.05, 0) is 91.5 Å². The molecule has 4 saturated carbocycles. The number of hydrogen-bond acceptors (Lipinski definition) is 4. The monoisotopic (exact) mass is 480 g/mol. The lowest BCUT2D eigenvalue weighted by Gasteiger charge is -2.57. The maximum absolute atomic E-state index is 13.1. The molecular weight excluding hydrogens is 448 g/mol. The van der Waals surface area contributed by atoms with E-state index in [0.717, 1.165) is 23.4 Å². The zero-order chi connectivity index (χ0) is 23.5. The molecule has 4 fully saturated rings. The summed E-state index contributed by atoms with van der Waals surface area (Å²) in [6.07, 6.45) is 8.91. The number of benzene rings is 2. The first-order valence-electron chi connectivity index (χ1n) is 12.4. The fourth-order valence-corrected chi connectivity index (χ4v) is 8.40. The highest BCUT2D eigenvalue weighted by molar-refractivity contribution is 7.92. The predicted molar refractivity (Wildman–Crippen MR) is 133 cm³/mol. The molecule has 4 aliphatic carbocycles. The smallest absolute Gasteiger partial charge is 0.265 e. The Hall–Kier alpha value is -2.54. The summed E-state index contributed by atoms with van der Waals surface area (Å²) in [7, 11) is -3.47. The average molecular weight is 481 g/mol. The van der Waals surface area contributed by atoms with Crippen molar-refractivity contribution in [2.45, 2.75) is 56.5 Å². The van der Waals surface area contributed by atoms with E-state index in [2.05, 4.69) is 17.4 Å². The summed E-state index contributed by atoms with van der Waals surface area (Å²) in [5, 5.41) is 2.99. The minimum Gasteiger partial charge on any atom is -0.478 e. The second-order valence-corrected chi connectivity index (χ2v) is 12.9. The number of para-hydroxylation sites is 2. The number of ether oxygens (including phenoxy) is 1. The zero-order valence-corrected chi connectivity index (χ0v) is 20.4. The number of sulfonamides is 1. The Morgan fingerprint density at radius 3 is 2.21 bits per heavy atom. The Bertz CT molecular complexity index is 1170. The fraction of sp³-hybridized carbons (Fsp3) is 0.519. The van der Waals surface area contributed by atoms with Gasteiger partial charge >= 0.3 is 0 Å². The third kappa shape index (κ3) is 3.88. The van der Waals surface area contributed by atoms with Crippen LogP contribution in [0.3, 0.4) is 0 Å². The molecular formula is C27H32N2O4S. The summed E-state index contributed by atoms with van der Waals surface area (Å²) >= 11 is 0. The number of carbonyl (C=O) groups is 1. The number of carbonyl (C=O) groups excluding carboxylic acids is 1. The number of anilines is 2. The van der Waals surface area contributed by atoms with Gasteiger partial charge in [-0.1, -0.05) is 24.3 Å². The second-order valence-electron chi connectivity index (χ2n) is 11.0. The van der Waals surface area contributed by atoms with Crippen molar-refractivity contribution in [2.24, 2.45) is 17.8 Å². The van der Waals surface area contributed by atoms with Gasteiger partial charge in [0.15, 0.2) is 6.10 Å². The van der Waals surface area contributed by atoms with Gasteiger partial charge in [-0.3, -0.25) is 9.10 Å². The third-order valence-corrected chi connectivity index (χ3v) is 9.67. The molecule has 1 amide bonds. The van der Waals surface area contributed by atoms with E-state index in [1.54, 1.807) is 24.3 Å². The molecule has 1 N–H and O–H groups in total. The maximum atomic E-state index is 13.1. The lowest BCUT2D eigenvalue weighted by molar-refractivity contribution is -0.122. The molecule has 1 atom stereocenters. The lowest BCUT2D eigenvalue weighted by Crippen LogP contribution is -2.48. The number of hydrogen-bond donors (Lipinski definition) is 1. The van der Waals surface area contributed by atoms with E-state index in [1.165, 1.54) is 54.6 Å². The van der Waals surface area contributed by atoms with Crippen LogP contribution in [0.1, 0.15) is 50.5 Å². The quantitative estimate of drug-likeness (QED) is 0.688. The van der Waals surface area contributed by atoms with Crippen LogP contribution in [0.25, 0.3) is 0 Å². The molecule has 7 rings (SSSR count). The van der Waals surface area contributed by atoms with Crippen molar-refractivity contribution in [1.29, 1.82) is 0 Å². The van der Waals surface area contributed by atoms with Crippen molar-refractivity contribution in [3.63, 3.8) is 0 Å². The summed E-state index contributed by atoms with van der Waals surface area (Å²) in [5.41, 5.74) is 2.98. The standard InChI is InChI=1S/C27H32N2O4S/c1-34(31,32)29-11-10-25(33-24-5-3-2-4-23(24)29)26(30)28-22-8-6-21(7-9-22)27-15-18-12-19(16-27)14-20(13-18)17-27/h2-9,18-20,25H,10-17H2,1H3,(H,28,30)/t18?,19?,20?,25-,27?/m1/s1. The molecule has 0 spiro atoms. The summed E-state index contributed by atoms with van der Waals surface area (Å²) < 4.78 is 31.9. The number of fused-ring (bicyclic) bond motifs is 1. The highest BCUT2D eigenvalue weighted by Crippen LogP contribution is 2.60. The van der Waals surface area contributed by atoms with Gasteiger partial charge in [-0.2, -0.15) is 0 Å². The van der Waals surface area contributed by atoms with Crippen molar-refractivity contribution in [3.05, 3.63) is 54.1 Å². The van der Waals surface area contributed by atoms with Crippen LogP contribution < -0.4 is 14.4 Å². The van der Waals surface area contributed by atoms with E-state index in [4.69, 9.17) is 4.74 Å². The first-order chi connectivity index (χ1) is 16.3. The normalized spacial score (nSPS) is 32.0. The molecule has 34 heavy (non-hydrogen) atoms. The largest absolute Gasteiger partial charge is 0.478 e. The van der Waals surface area contributed by atoms with E-state index in [1.807, 2.05) is 12.1 Å². The van der Waals surface area contributed by atoms with Gasteiger partial charge in [-0.15, -0.1) is 0 Å². The van der Waals surface area contributed by atoms with Gasteiger partial charge < -0.3 is 10.1 Å². The summed E-state index contributed by atoms with van der Waals surface area (Å²) in [5.74, 6) is 2.84. The van der Waals surface area contributed by atoms with Gasteiger partial charge in [0.1, 0.15) is 5.75 Å². The fourth-order valence-electron chi connectivity index (χ4n) is 7.45. The maximum Gasteiger partial charge on any atom is 0.265 e. The number of rotatable bonds is 4. The van der Waals surface area contributed by atoms with Crippen molar-refractivity contribution in [1.82, 2.24) is 0 Å². The van der Waals surface area contributed by atoms with Crippen LogP contribution in [-0.4, -0.2) is 33.2 Å². The van der Waals surface area contributed by atoms with Gasteiger partial charge in [-0.25, -0.2) is 8.42 Å². The average Bonchev–Trinajstić information content (AvgIpc) is 2.98. The topological polar surface area (TPSA) is 75.7 Å². The molecule has 0 aromatic heterocycles. The van der Waals surface area contributed by atoms with Crippen LogP contribution >= 0.6 is 0 Å². The second kappa shape index (κ2) is 8.01. The minimum absolute atomic E-state index is 0.193. The zero-order valence-electron chi connectivity index (χ0n) is 19.6. The molecule has 0 unspecified atom stereocenters. The number of nitrogens with one attached hydrogen (secondary N) is 1. The molecule has 2 aromatic rings. The third-order valence-electron chi connectivity index (χ3n) is 8.49. The Morgan fingerprint density at radius 2 is 1.59 bits per heavy atom. The van der Waals surface area contributed by atoms with Crippen LogP contribution in [0.4, 0.5) is 11.4 Å². The molecule has 0 saturated heterocycles. The molecule has 7 heteroatoms. The van der Waals surface area contributed by atoms with Crippen molar-refractivity contribution in [2.75, 3.05) is 22.4 Å². The Labute approximate surface area is 201 Å². The summed E-state index contributed by atoms with van der Waals surface area (Å²) in [6.45, 7) is 0.193. The molecule has 180 valence electrons. The van der Waals surface area contributed by atoms with Crippen LogP contribution in [-0.2, 0) is 20.2 Å². The minimum atomic E-state index is -3.47. The highest BCUT2D eigenvalue weighted by Gasteiger charge is 2.51. The van der Waals surface area contributed by atoms with E-state index in [-0.39, 0.29) is 18.9 Å². The Kier molecular flexibility index (Phi) is 5.17. The van der Waals surface area contributed by atoms with E-state index in [0.29, 0.717) is 16.9 Å². The number of nitrogens with zero attached hydrogens (tertiary/aromatic N) is 1. The summed E-state index contributed by atoms with van der Waals surface area (Å²) in [4.78, 5) is 13.1. The van der Waals surface area contributed by atoms with Gasteiger partial charge in [0, 0.05) is 18.7 Å². The molecule has 4 bridgehead atoms. The first-order valence-corrected chi connectivity index (χ1v) is 14.3. The van der Waals surface area contributed by atoms with Crippen molar-refractivity contribution < 1.29 is 17.9 Å². The van der Waals surface area contributed by atoms with E-state index < -0.39 is 16.1 Å². The summed E-state index contributed by atoms with van der Waals surface area (Å²) in [6, 6.07) is 15.4. The van der Waals surface area contributed by atoms with Crippen LogP contribution in [0.2, 0.25) is 0 Å². The molecule has 2 aromatic carbocycles. The lowest BCUT2D eigenvalue weighted by atomic mass is 9.48. The molecule has 5 aliphatic rings. The van der Waals surface area contributed by atoms with E-state index in [9.17, 15) is 13.2 Å². The highest BCUT2D eigenvalue weighted by atomic mass is 32.2. The van der Waals surface area contributed by atoms with Crippen LogP contribution in [0, 0.1) is 17.8 Å². The molecule has 1 heterocycles. The van der Waals surface area contributed by atoms with Crippen LogP contribution in [0.15, 0.2) is 48.5 Å². The van der Waals surface area contributed by atoms with E-state index >= 15 is 0 Å². The first kappa shape index (κ1) is 22.0. The number of amides is 1. The van der Waals surface area contributed by atoms with Gasteiger partial charge in [0.2, 0.25) is 10.0 Å². The van der Waals surface area contributed by atoms with Crippen molar-refractivity contribution >= 4 is 27.3 Å². The molecule has 6 nitrogen and oxygen atoms in total. The molecule has 1 aliphatic heterocycles. The van der Waals surface area contributed by atoms with Crippen molar-refractivity contribution in [3.8, 4) is 5.75 Å². The SMILES string of the molecule is CS(=O)(=O)N1CC[C@H](C(=O)Nc2ccc(C34CC5CC(CC(C5)C3)C4)cc2)Oc2ccccc21. The van der Waals surface area contributed by atoms with Crippen LogP contribution in [0.5, 0.6) is 5.75 Å². The Morgan fingerprint density at radius 1 is 0.971 bits per heavy atom. The predicted octanol–water partition coefficient (Wildman–Crippen LogP) is 4.71. The molecule has 0 radical (unpaired) electrons. The van der Waals surface area contributed by atoms with Gasteiger partial charge in [0.05, 0.1) is 11.9 Å².